The number of benzene rings is 3. The second kappa shape index (κ2) is 5.06. The molecule has 0 heterocycles. The molecule has 4 rings (SSSR count). The lowest BCUT2D eigenvalue weighted by Gasteiger charge is -2.17. The predicted octanol–water partition coefficient (Wildman–Crippen LogP) is 5.06. The first-order chi connectivity index (χ1) is 11.2. The van der Waals surface area contributed by atoms with E-state index in [2.05, 4.69) is 24.3 Å². The molecular formula is C20H15NO2. The van der Waals surface area contributed by atoms with Gasteiger partial charge in [0.15, 0.2) is 0 Å². The Morgan fingerprint density at radius 2 is 1.39 bits per heavy atom. The minimum atomic E-state index is -0.272. The Hall–Kier alpha value is -2.94. The highest BCUT2D eigenvalue weighted by Crippen LogP contribution is 2.50. The van der Waals surface area contributed by atoms with Gasteiger partial charge in [-0.2, -0.15) is 0 Å². The van der Waals surface area contributed by atoms with Gasteiger partial charge in [-0.3, -0.25) is 10.1 Å². The molecule has 0 N–H and O–H groups in total. The van der Waals surface area contributed by atoms with Crippen LogP contribution in [0.3, 0.4) is 0 Å². The number of aryl methyl sites for hydroxylation is 1. The normalized spacial score (nSPS) is 12.7. The van der Waals surface area contributed by atoms with Crippen LogP contribution >= 0.6 is 0 Å². The van der Waals surface area contributed by atoms with Gasteiger partial charge < -0.3 is 0 Å². The number of hydrogen-bond acceptors (Lipinski definition) is 2. The first-order valence-electron chi connectivity index (χ1n) is 7.60. The summed E-state index contributed by atoms with van der Waals surface area (Å²) >= 11 is 0. The third-order valence-electron chi connectivity index (χ3n) is 4.62. The van der Waals surface area contributed by atoms with E-state index in [1.54, 1.807) is 12.1 Å². The second-order valence-corrected chi connectivity index (χ2v) is 5.87. The molecule has 23 heavy (non-hydrogen) atoms. The molecule has 0 bridgehead atoms. The number of nitro groups is 1. The standard InChI is InChI=1S/C20H15NO2/c1-13-7-6-12-18(21(22)23)19(13)20-16-10-4-2-8-14(16)15-9-3-5-11-17(15)20/h2-12,20H,1H3. The number of rotatable bonds is 2. The van der Waals surface area contributed by atoms with Crippen molar-refractivity contribution in [1.82, 2.24) is 0 Å². The Kier molecular flexibility index (Phi) is 3.01. The Bertz CT molecular complexity index is 885. The monoisotopic (exact) mass is 301 g/mol. The van der Waals surface area contributed by atoms with E-state index >= 15 is 0 Å². The van der Waals surface area contributed by atoms with Crippen LogP contribution in [0.2, 0.25) is 0 Å². The number of nitrogens with zero attached hydrogens (tertiary/aromatic N) is 1. The molecule has 3 nitrogen and oxygen atoms in total. The smallest absolute Gasteiger partial charge is 0.258 e. The fraction of sp³-hybridized carbons (Fsp3) is 0.100. The van der Waals surface area contributed by atoms with Gasteiger partial charge in [0.1, 0.15) is 0 Å². The van der Waals surface area contributed by atoms with Crippen LogP contribution in [0.4, 0.5) is 5.69 Å². The maximum atomic E-state index is 11.6. The van der Waals surface area contributed by atoms with Crippen LogP contribution in [0.5, 0.6) is 0 Å². The molecule has 1 aliphatic carbocycles. The summed E-state index contributed by atoms with van der Waals surface area (Å²) in [4.78, 5) is 11.3. The molecule has 0 spiro atoms. The molecule has 3 aromatic rings. The van der Waals surface area contributed by atoms with Crippen LogP contribution < -0.4 is 0 Å². The van der Waals surface area contributed by atoms with Crippen molar-refractivity contribution in [3.63, 3.8) is 0 Å². The summed E-state index contributed by atoms with van der Waals surface area (Å²) in [6, 6.07) is 21.7. The van der Waals surface area contributed by atoms with E-state index in [1.165, 1.54) is 11.1 Å². The summed E-state index contributed by atoms with van der Waals surface area (Å²) < 4.78 is 0. The fourth-order valence-corrected chi connectivity index (χ4v) is 3.67. The van der Waals surface area contributed by atoms with Crippen molar-refractivity contribution in [2.45, 2.75) is 12.8 Å². The Labute approximate surface area is 134 Å². The van der Waals surface area contributed by atoms with E-state index in [4.69, 9.17) is 0 Å². The minimum absolute atomic E-state index is 0.0796. The molecule has 0 aliphatic heterocycles. The van der Waals surface area contributed by atoms with Crippen LogP contribution in [-0.4, -0.2) is 4.92 Å². The molecule has 0 aromatic heterocycles. The van der Waals surface area contributed by atoms with Crippen LogP contribution in [0.25, 0.3) is 11.1 Å². The maximum Gasteiger partial charge on any atom is 0.273 e. The van der Waals surface area contributed by atoms with E-state index in [-0.39, 0.29) is 16.5 Å². The van der Waals surface area contributed by atoms with Crippen molar-refractivity contribution in [2.75, 3.05) is 0 Å². The van der Waals surface area contributed by atoms with Gasteiger partial charge in [0, 0.05) is 17.5 Å². The average Bonchev–Trinajstić information content (AvgIpc) is 2.89. The van der Waals surface area contributed by atoms with Gasteiger partial charge in [-0.15, -0.1) is 0 Å². The topological polar surface area (TPSA) is 43.1 Å². The summed E-state index contributed by atoms with van der Waals surface area (Å²) in [6.07, 6.45) is 0. The minimum Gasteiger partial charge on any atom is -0.258 e. The highest BCUT2D eigenvalue weighted by Gasteiger charge is 2.34. The summed E-state index contributed by atoms with van der Waals surface area (Å²) in [7, 11) is 0. The van der Waals surface area contributed by atoms with E-state index in [9.17, 15) is 10.1 Å². The van der Waals surface area contributed by atoms with Crippen LogP contribution in [-0.2, 0) is 0 Å². The third-order valence-corrected chi connectivity index (χ3v) is 4.62. The molecule has 112 valence electrons. The SMILES string of the molecule is Cc1cccc([N+](=O)[O-])c1C1c2ccccc2-c2ccccc21. The van der Waals surface area contributed by atoms with Crippen molar-refractivity contribution in [3.05, 3.63) is 99.1 Å². The Morgan fingerprint density at radius 1 is 0.826 bits per heavy atom. The zero-order valence-corrected chi connectivity index (χ0v) is 12.7. The summed E-state index contributed by atoms with van der Waals surface area (Å²) in [6.45, 7) is 1.95. The van der Waals surface area contributed by atoms with Crippen LogP contribution in [0.15, 0.2) is 66.7 Å². The molecule has 0 saturated carbocycles. The van der Waals surface area contributed by atoms with Crippen molar-refractivity contribution < 1.29 is 4.92 Å². The molecule has 0 unspecified atom stereocenters. The van der Waals surface area contributed by atoms with E-state index in [0.717, 1.165) is 22.3 Å². The molecule has 1 aliphatic rings. The molecule has 0 amide bonds. The summed E-state index contributed by atoms with van der Waals surface area (Å²) in [5, 5.41) is 11.6. The number of fused-ring (bicyclic) bond motifs is 3. The molecular weight excluding hydrogens is 286 g/mol. The van der Waals surface area contributed by atoms with Crippen LogP contribution in [0.1, 0.15) is 28.2 Å². The van der Waals surface area contributed by atoms with Crippen molar-refractivity contribution >= 4 is 5.69 Å². The highest BCUT2D eigenvalue weighted by atomic mass is 16.6. The second-order valence-electron chi connectivity index (χ2n) is 5.87. The molecule has 0 fully saturated rings. The molecule has 0 saturated heterocycles. The molecule has 0 atom stereocenters. The van der Waals surface area contributed by atoms with Gasteiger partial charge in [-0.05, 0) is 34.7 Å². The summed E-state index contributed by atoms with van der Waals surface area (Å²) in [5.74, 6) is -0.0796. The Balaban J connectivity index is 2.06. The third kappa shape index (κ3) is 1.97. The summed E-state index contributed by atoms with van der Waals surface area (Å²) in [5.41, 5.74) is 6.58. The molecule has 0 radical (unpaired) electrons. The van der Waals surface area contributed by atoms with Gasteiger partial charge in [-0.25, -0.2) is 0 Å². The Morgan fingerprint density at radius 3 is 1.96 bits per heavy atom. The van der Waals surface area contributed by atoms with Crippen molar-refractivity contribution in [1.29, 1.82) is 0 Å². The van der Waals surface area contributed by atoms with E-state index in [0.29, 0.717) is 0 Å². The first kappa shape index (κ1) is 13.7. The number of nitro benzene ring substituents is 1. The number of hydrogen-bond donors (Lipinski definition) is 0. The predicted molar refractivity (Wildman–Crippen MR) is 90.7 cm³/mol. The molecule has 3 aromatic carbocycles. The average molecular weight is 301 g/mol. The van der Waals surface area contributed by atoms with Crippen LogP contribution in [0, 0.1) is 17.0 Å². The van der Waals surface area contributed by atoms with E-state index < -0.39 is 0 Å². The van der Waals surface area contributed by atoms with Crippen molar-refractivity contribution in [3.8, 4) is 11.1 Å². The van der Waals surface area contributed by atoms with Gasteiger partial charge >= 0.3 is 0 Å². The van der Waals surface area contributed by atoms with Gasteiger partial charge in [0.25, 0.3) is 5.69 Å². The molecule has 3 heteroatoms. The quantitative estimate of drug-likeness (QED) is 0.383. The maximum absolute atomic E-state index is 11.6. The van der Waals surface area contributed by atoms with Gasteiger partial charge in [-0.1, -0.05) is 60.7 Å². The van der Waals surface area contributed by atoms with E-state index in [1.807, 2.05) is 37.3 Å². The van der Waals surface area contributed by atoms with Gasteiger partial charge in [0.05, 0.1) is 4.92 Å². The largest absolute Gasteiger partial charge is 0.273 e. The lowest BCUT2D eigenvalue weighted by Crippen LogP contribution is -2.06. The lowest BCUT2D eigenvalue weighted by molar-refractivity contribution is -0.385. The highest BCUT2D eigenvalue weighted by molar-refractivity contribution is 5.81. The zero-order chi connectivity index (χ0) is 16.0. The lowest BCUT2D eigenvalue weighted by atomic mass is 9.85. The first-order valence-corrected chi connectivity index (χ1v) is 7.60. The van der Waals surface area contributed by atoms with Crippen molar-refractivity contribution in [2.24, 2.45) is 0 Å². The fourth-order valence-electron chi connectivity index (χ4n) is 3.67. The zero-order valence-electron chi connectivity index (χ0n) is 12.7. The van der Waals surface area contributed by atoms with Gasteiger partial charge in [0.2, 0.25) is 0 Å².